The number of hydrogen-bond donors (Lipinski definition) is 1. The van der Waals surface area contributed by atoms with Crippen molar-refractivity contribution in [3.63, 3.8) is 0 Å². The van der Waals surface area contributed by atoms with Gasteiger partial charge in [-0.1, -0.05) is 53.6 Å². The summed E-state index contributed by atoms with van der Waals surface area (Å²) < 4.78 is 0. The quantitative estimate of drug-likeness (QED) is 0.633. The van der Waals surface area contributed by atoms with Gasteiger partial charge in [-0.05, 0) is 39.7 Å². The molecule has 0 unspecified atom stereocenters. The highest BCUT2D eigenvalue weighted by Gasteiger charge is 2.13. The van der Waals surface area contributed by atoms with E-state index in [0.717, 1.165) is 18.6 Å². The van der Waals surface area contributed by atoms with E-state index in [9.17, 15) is 0 Å². The topological polar surface area (TPSA) is 24.4 Å². The predicted octanol–water partition coefficient (Wildman–Crippen LogP) is 4.45. The van der Waals surface area contributed by atoms with Gasteiger partial charge in [-0.15, -0.1) is 0 Å². The summed E-state index contributed by atoms with van der Waals surface area (Å²) in [6, 6.07) is 10.4. The van der Waals surface area contributed by atoms with Gasteiger partial charge in [0.2, 0.25) is 0 Å². The van der Waals surface area contributed by atoms with Crippen molar-refractivity contribution in [3.8, 4) is 0 Å². The summed E-state index contributed by atoms with van der Waals surface area (Å²) >= 11 is 0. The molecule has 0 radical (unpaired) electrons. The maximum absolute atomic E-state index is 4.67. The molecule has 0 aliphatic heterocycles. The molecule has 0 heterocycles. The molecular formula is C18H24N2. The lowest BCUT2D eigenvalue weighted by molar-refractivity contribution is 0.440. The lowest BCUT2D eigenvalue weighted by Gasteiger charge is -2.19. The molecule has 0 fully saturated rings. The number of rotatable bonds is 4. The van der Waals surface area contributed by atoms with Gasteiger partial charge in [0, 0.05) is 12.0 Å². The van der Waals surface area contributed by atoms with Gasteiger partial charge in [0.25, 0.3) is 0 Å². The van der Waals surface area contributed by atoms with E-state index in [-0.39, 0.29) is 5.54 Å². The number of benzene rings is 1. The average Bonchev–Trinajstić information content (AvgIpc) is 2.80. The third kappa shape index (κ3) is 4.09. The van der Waals surface area contributed by atoms with Crippen LogP contribution in [-0.4, -0.2) is 11.3 Å². The molecule has 1 N–H and O–H groups in total. The Morgan fingerprint density at radius 2 is 1.90 bits per heavy atom. The molecule has 106 valence electrons. The van der Waals surface area contributed by atoms with Crippen LogP contribution in [0, 0.1) is 0 Å². The average molecular weight is 268 g/mol. The maximum atomic E-state index is 4.67. The molecule has 20 heavy (non-hydrogen) atoms. The van der Waals surface area contributed by atoms with E-state index in [2.05, 4.69) is 74.6 Å². The van der Waals surface area contributed by atoms with Crippen LogP contribution >= 0.6 is 0 Å². The summed E-state index contributed by atoms with van der Waals surface area (Å²) in [5.41, 5.74) is 8.38. The molecule has 2 rings (SSSR count). The molecule has 1 aromatic carbocycles. The fourth-order valence-electron chi connectivity index (χ4n) is 2.14. The normalized spacial score (nSPS) is 15.9. The first-order chi connectivity index (χ1) is 9.46. The molecule has 1 aliphatic rings. The van der Waals surface area contributed by atoms with Crippen molar-refractivity contribution in [2.75, 3.05) is 0 Å². The van der Waals surface area contributed by atoms with Gasteiger partial charge in [0.1, 0.15) is 0 Å². The Hall–Kier alpha value is -1.83. The lowest BCUT2D eigenvalue weighted by atomic mass is 9.99. The van der Waals surface area contributed by atoms with E-state index in [4.69, 9.17) is 0 Å². The number of nitrogens with one attached hydrogen (secondary N) is 1. The first-order valence-corrected chi connectivity index (χ1v) is 7.20. The number of nitrogens with zero attached hydrogens (tertiary/aromatic N) is 1. The second kappa shape index (κ2) is 6.08. The molecule has 2 heteroatoms. The van der Waals surface area contributed by atoms with Crippen LogP contribution in [0.3, 0.4) is 0 Å². The van der Waals surface area contributed by atoms with Gasteiger partial charge < -0.3 is 5.43 Å². The van der Waals surface area contributed by atoms with E-state index >= 15 is 0 Å². The number of allylic oxidation sites excluding steroid dienone is 4. The molecule has 0 spiro atoms. The summed E-state index contributed by atoms with van der Waals surface area (Å²) in [7, 11) is 0. The summed E-state index contributed by atoms with van der Waals surface area (Å²) in [5.74, 6) is 0. The minimum atomic E-state index is -0.0165. The van der Waals surface area contributed by atoms with Gasteiger partial charge in [-0.2, -0.15) is 5.10 Å². The molecule has 2 nitrogen and oxygen atoms in total. The van der Waals surface area contributed by atoms with Crippen LogP contribution in [0.5, 0.6) is 0 Å². The molecule has 0 amide bonds. The summed E-state index contributed by atoms with van der Waals surface area (Å²) in [4.78, 5) is 0. The Balaban J connectivity index is 2.23. The molecule has 0 atom stereocenters. The van der Waals surface area contributed by atoms with Crippen molar-refractivity contribution in [2.45, 2.75) is 46.1 Å². The Morgan fingerprint density at radius 1 is 1.20 bits per heavy atom. The van der Waals surface area contributed by atoms with Crippen molar-refractivity contribution >= 4 is 5.71 Å². The zero-order valence-electron chi connectivity index (χ0n) is 12.9. The van der Waals surface area contributed by atoms with Crippen LogP contribution in [0.1, 0.15) is 46.1 Å². The number of hydrazone groups is 1. The molecular weight excluding hydrogens is 244 g/mol. The minimum Gasteiger partial charge on any atom is -0.305 e. The van der Waals surface area contributed by atoms with Crippen LogP contribution in [0.25, 0.3) is 0 Å². The third-order valence-corrected chi connectivity index (χ3v) is 3.30. The minimum absolute atomic E-state index is 0.0165. The Labute approximate surface area is 122 Å². The van der Waals surface area contributed by atoms with Crippen molar-refractivity contribution < 1.29 is 0 Å². The zero-order chi connectivity index (χ0) is 14.6. The third-order valence-electron chi connectivity index (χ3n) is 3.30. The van der Waals surface area contributed by atoms with Crippen molar-refractivity contribution in [1.82, 2.24) is 5.43 Å². The number of hydrogen-bond acceptors (Lipinski definition) is 2. The second-order valence-corrected chi connectivity index (χ2v) is 6.36. The molecule has 0 aromatic heterocycles. The molecule has 1 aromatic rings. The predicted molar refractivity (Wildman–Crippen MR) is 86.9 cm³/mol. The summed E-state index contributed by atoms with van der Waals surface area (Å²) in [6.07, 6.45) is 6.39. The van der Waals surface area contributed by atoms with Crippen molar-refractivity contribution in [3.05, 3.63) is 59.2 Å². The van der Waals surface area contributed by atoms with Crippen LogP contribution in [0.15, 0.2) is 58.7 Å². The highest BCUT2D eigenvalue weighted by molar-refractivity contribution is 6.02. The van der Waals surface area contributed by atoms with Crippen LogP contribution in [0.2, 0.25) is 0 Å². The maximum Gasteiger partial charge on any atom is 0.0716 e. The van der Waals surface area contributed by atoms with Gasteiger partial charge >= 0.3 is 0 Å². The van der Waals surface area contributed by atoms with Crippen LogP contribution in [0.4, 0.5) is 0 Å². The first-order valence-electron chi connectivity index (χ1n) is 7.20. The Bertz CT molecular complexity index is 543. The Morgan fingerprint density at radius 3 is 2.45 bits per heavy atom. The smallest absolute Gasteiger partial charge is 0.0716 e. The molecule has 0 bridgehead atoms. The summed E-state index contributed by atoms with van der Waals surface area (Å²) in [5, 5.41) is 4.67. The van der Waals surface area contributed by atoms with Gasteiger partial charge in [-0.3, -0.25) is 0 Å². The fourth-order valence-corrected chi connectivity index (χ4v) is 2.14. The van der Waals surface area contributed by atoms with E-state index in [0.29, 0.717) is 0 Å². The summed E-state index contributed by atoms with van der Waals surface area (Å²) in [6.45, 7) is 8.56. The van der Waals surface area contributed by atoms with E-state index < -0.39 is 0 Å². The van der Waals surface area contributed by atoms with Gasteiger partial charge in [0.15, 0.2) is 0 Å². The van der Waals surface area contributed by atoms with E-state index in [1.54, 1.807) is 0 Å². The van der Waals surface area contributed by atoms with Gasteiger partial charge in [0.05, 0.1) is 5.71 Å². The fraction of sp³-hybridized carbons (Fsp3) is 0.389. The monoisotopic (exact) mass is 268 g/mol. The van der Waals surface area contributed by atoms with Gasteiger partial charge in [-0.25, -0.2) is 0 Å². The second-order valence-electron chi connectivity index (χ2n) is 6.36. The lowest BCUT2D eigenvalue weighted by Crippen LogP contribution is -2.32. The van der Waals surface area contributed by atoms with Crippen LogP contribution in [-0.2, 0) is 0 Å². The van der Waals surface area contributed by atoms with E-state index in [1.807, 2.05) is 6.07 Å². The first kappa shape index (κ1) is 14.6. The standard InChI is InChI=1S/C18H24N2/c1-14-9-8-12-16(14)13-17(19-20-18(2,3)4)15-10-6-5-7-11-15/h5-11,20H,12-13H2,1-4H3. The van der Waals surface area contributed by atoms with Crippen LogP contribution < -0.4 is 5.43 Å². The van der Waals surface area contributed by atoms with E-state index in [1.165, 1.54) is 16.7 Å². The molecule has 0 saturated heterocycles. The Kier molecular flexibility index (Phi) is 4.43. The highest BCUT2D eigenvalue weighted by atomic mass is 15.3. The SMILES string of the molecule is CC1=C(CC(=NNC(C)(C)C)c2ccccc2)CC=C1. The zero-order valence-corrected chi connectivity index (χ0v) is 12.9. The van der Waals surface area contributed by atoms with Crippen molar-refractivity contribution in [2.24, 2.45) is 5.10 Å². The molecule has 0 saturated carbocycles. The largest absolute Gasteiger partial charge is 0.305 e. The highest BCUT2D eigenvalue weighted by Crippen LogP contribution is 2.23. The van der Waals surface area contributed by atoms with Crippen molar-refractivity contribution in [1.29, 1.82) is 0 Å². The molecule has 1 aliphatic carbocycles.